The van der Waals surface area contributed by atoms with Crippen LogP contribution in [-0.4, -0.2) is 36.5 Å². The monoisotopic (exact) mass is 368 g/mol. The molecule has 0 aromatic carbocycles. The normalized spacial score (nSPS) is 13.4. The molecule has 0 bridgehead atoms. The van der Waals surface area contributed by atoms with Gasteiger partial charge in [-0.1, -0.05) is 12.8 Å². The first kappa shape index (κ1) is 22.6. The number of carbonyl (C=O) groups is 2. The largest absolute Gasteiger partial charge is 0.449 e. The molecule has 136 valence electrons. The van der Waals surface area contributed by atoms with E-state index in [1.54, 1.807) is 13.8 Å². The smallest absolute Gasteiger partial charge is 0.306 e. The van der Waals surface area contributed by atoms with E-state index in [0.29, 0.717) is 19.4 Å². The van der Waals surface area contributed by atoms with E-state index in [2.05, 4.69) is 0 Å². The Bertz CT molecular complexity index is 327. The molecule has 0 spiro atoms. The summed E-state index contributed by atoms with van der Waals surface area (Å²) >= 11 is 2.27. The summed E-state index contributed by atoms with van der Waals surface area (Å²) in [6, 6.07) is 0. The Morgan fingerprint density at radius 1 is 0.870 bits per heavy atom. The van der Waals surface area contributed by atoms with E-state index < -0.39 is 0 Å². The molecule has 0 fully saturated rings. The topological polar surface area (TPSA) is 71.1 Å². The molecule has 0 aliphatic rings. The van der Waals surface area contributed by atoms with Crippen LogP contribution in [0.4, 0.5) is 0 Å². The second-order valence-corrected chi connectivity index (χ2v) is 7.08. The van der Waals surface area contributed by atoms with Crippen molar-refractivity contribution in [3.8, 4) is 0 Å². The van der Waals surface area contributed by atoms with Gasteiger partial charge in [-0.05, 0) is 33.6 Å². The second kappa shape index (κ2) is 15.1. The minimum absolute atomic E-state index is 0.213. The fourth-order valence-electron chi connectivity index (χ4n) is 1.72. The third-order valence-corrected chi connectivity index (χ3v) is 3.96. The van der Waals surface area contributed by atoms with Gasteiger partial charge in [0, 0.05) is 36.9 Å². The van der Waals surface area contributed by atoms with Crippen LogP contribution in [-0.2, 0) is 27.4 Å². The molecule has 0 aromatic rings. The number of esters is 2. The summed E-state index contributed by atoms with van der Waals surface area (Å²) in [6.07, 6.45) is 4.07. The highest BCUT2D eigenvalue weighted by Gasteiger charge is 2.11. The molecule has 0 aliphatic carbocycles. The Hall–Kier alpha value is -0.440. The van der Waals surface area contributed by atoms with Crippen molar-refractivity contribution in [2.45, 2.75) is 70.2 Å². The van der Waals surface area contributed by atoms with Crippen molar-refractivity contribution in [1.82, 2.24) is 0 Å². The van der Waals surface area contributed by atoms with Gasteiger partial charge in [-0.15, -0.1) is 0 Å². The van der Waals surface area contributed by atoms with Gasteiger partial charge in [0.1, 0.15) is 0 Å². The summed E-state index contributed by atoms with van der Waals surface area (Å²) in [6.45, 7) is 6.02. The van der Waals surface area contributed by atoms with E-state index >= 15 is 0 Å². The van der Waals surface area contributed by atoms with Gasteiger partial charge < -0.3 is 17.8 Å². The molecular formula is C15H28O6S2. The first-order chi connectivity index (χ1) is 11.0. The number of rotatable bonds is 14. The van der Waals surface area contributed by atoms with Gasteiger partial charge >= 0.3 is 11.9 Å². The van der Waals surface area contributed by atoms with Crippen LogP contribution in [0.1, 0.15) is 59.3 Å². The summed E-state index contributed by atoms with van der Waals surface area (Å²) in [7, 11) is 1.54. The molecule has 23 heavy (non-hydrogen) atoms. The number of ether oxygens (including phenoxy) is 2. The third kappa shape index (κ3) is 14.9. The summed E-state index contributed by atoms with van der Waals surface area (Å²) < 4.78 is 20.2. The summed E-state index contributed by atoms with van der Waals surface area (Å²) in [4.78, 5) is 23.1. The standard InChI is InChI=1S/C15H28O6S2/c1-5-19-23-13(3)21-15(17)11-9-7-6-8-10-14(16)20-12(2)22-18-4/h12-13H,5-11H2,1-4H3. The van der Waals surface area contributed by atoms with E-state index in [0.717, 1.165) is 49.8 Å². The molecule has 2 unspecified atom stereocenters. The molecule has 0 radical (unpaired) electrons. The number of unbranched alkanes of at least 4 members (excludes halogenated alkanes) is 3. The van der Waals surface area contributed by atoms with Crippen LogP contribution in [0.25, 0.3) is 0 Å². The van der Waals surface area contributed by atoms with Gasteiger partial charge in [0.25, 0.3) is 0 Å². The van der Waals surface area contributed by atoms with Gasteiger partial charge in [-0.2, -0.15) is 0 Å². The van der Waals surface area contributed by atoms with E-state index in [1.807, 2.05) is 6.92 Å². The molecule has 8 heteroatoms. The maximum Gasteiger partial charge on any atom is 0.306 e. The van der Waals surface area contributed by atoms with Crippen molar-refractivity contribution in [2.75, 3.05) is 13.7 Å². The fourth-order valence-corrected chi connectivity index (χ4v) is 2.61. The average molecular weight is 369 g/mol. The predicted molar refractivity (Wildman–Crippen MR) is 92.6 cm³/mol. The molecule has 0 saturated carbocycles. The third-order valence-electron chi connectivity index (χ3n) is 2.66. The zero-order valence-electron chi connectivity index (χ0n) is 14.4. The van der Waals surface area contributed by atoms with Crippen LogP contribution in [0.5, 0.6) is 0 Å². The quantitative estimate of drug-likeness (QED) is 0.196. The Balaban J connectivity index is 3.51. The van der Waals surface area contributed by atoms with Crippen LogP contribution < -0.4 is 0 Å². The van der Waals surface area contributed by atoms with Crippen LogP contribution in [0.15, 0.2) is 0 Å². The number of carbonyl (C=O) groups excluding carboxylic acids is 2. The number of hydrogen-bond donors (Lipinski definition) is 0. The van der Waals surface area contributed by atoms with Crippen LogP contribution in [0.3, 0.4) is 0 Å². The Morgan fingerprint density at radius 3 is 1.78 bits per heavy atom. The predicted octanol–water partition coefficient (Wildman–Crippen LogP) is 4.08. The average Bonchev–Trinajstić information content (AvgIpc) is 2.48. The Morgan fingerprint density at radius 2 is 1.35 bits per heavy atom. The van der Waals surface area contributed by atoms with E-state index in [9.17, 15) is 9.59 Å². The van der Waals surface area contributed by atoms with Crippen LogP contribution >= 0.6 is 24.1 Å². The van der Waals surface area contributed by atoms with Gasteiger partial charge in [0.05, 0.1) is 13.7 Å². The second-order valence-electron chi connectivity index (χ2n) is 4.79. The minimum atomic E-state index is -0.293. The van der Waals surface area contributed by atoms with Gasteiger partial charge in [-0.25, -0.2) is 0 Å². The molecule has 0 amide bonds. The lowest BCUT2D eigenvalue weighted by molar-refractivity contribution is -0.146. The molecule has 6 nitrogen and oxygen atoms in total. The van der Waals surface area contributed by atoms with E-state index in [1.165, 1.54) is 7.11 Å². The molecule has 0 heterocycles. The van der Waals surface area contributed by atoms with Crippen LogP contribution in [0, 0.1) is 0 Å². The molecule has 0 N–H and O–H groups in total. The highest BCUT2D eigenvalue weighted by atomic mass is 32.2. The van der Waals surface area contributed by atoms with Crippen LogP contribution in [0.2, 0.25) is 0 Å². The van der Waals surface area contributed by atoms with Crippen molar-refractivity contribution >= 4 is 36.0 Å². The van der Waals surface area contributed by atoms with Crippen molar-refractivity contribution in [2.24, 2.45) is 0 Å². The lowest BCUT2D eigenvalue weighted by Gasteiger charge is -2.11. The van der Waals surface area contributed by atoms with E-state index in [-0.39, 0.29) is 22.8 Å². The molecule has 0 aromatic heterocycles. The number of hydrogen-bond acceptors (Lipinski definition) is 8. The molecular weight excluding hydrogens is 340 g/mol. The van der Waals surface area contributed by atoms with Crippen molar-refractivity contribution in [3.05, 3.63) is 0 Å². The molecule has 0 saturated heterocycles. The first-order valence-corrected chi connectivity index (χ1v) is 9.47. The first-order valence-electron chi connectivity index (χ1n) is 7.86. The Kier molecular flexibility index (Phi) is 14.8. The van der Waals surface area contributed by atoms with Gasteiger partial charge in [0.15, 0.2) is 10.9 Å². The SMILES string of the molecule is CCOSC(C)OC(=O)CCCCCCC(=O)OC(C)SOC. The van der Waals surface area contributed by atoms with Gasteiger partial charge in [-0.3, -0.25) is 9.59 Å². The fraction of sp³-hybridized carbons (Fsp3) is 0.867. The van der Waals surface area contributed by atoms with Crippen molar-refractivity contribution in [1.29, 1.82) is 0 Å². The summed E-state index contributed by atoms with van der Waals surface area (Å²) in [5.74, 6) is -0.433. The zero-order valence-corrected chi connectivity index (χ0v) is 16.0. The summed E-state index contributed by atoms with van der Waals surface area (Å²) in [5.41, 5.74) is -0.581. The lowest BCUT2D eigenvalue weighted by atomic mass is 10.1. The maximum absolute atomic E-state index is 11.6. The minimum Gasteiger partial charge on any atom is -0.449 e. The van der Waals surface area contributed by atoms with Crippen molar-refractivity contribution < 1.29 is 27.4 Å². The maximum atomic E-state index is 11.6. The van der Waals surface area contributed by atoms with E-state index in [4.69, 9.17) is 17.8 Å². The molecule has 2 atom stereocenters. The lowest BCUT2D eigenvalue weighted by Crippen LogP contribution is -2.12. The summed E-state index contributed by atoms with van der Waals surface area (Å²) in [5, 5.41) is 0. The Labute approximate surface area is 147 Å². The van der Waals surface area contributed by atoms with Crippen molar-refractivity contribution in [3.63, 3.8) is 0 Å². The highest BCUT2D eigenvalue weighted by Crippen LogP contribution is 2.15. The zero-order chi connectivity index (χ0) is 17.5. The highest BCUT2D eigenvalue weighted by molar-refractivity contribution is 7.95. The van der Waals surface area contributed by atoms with Gasteiger partial charge in [0.2, 0.25) is 0 Å². The molecule has 0 rings (SSSR count). The molecule has 0 aliphatic heterocycles.